The molecule has 0 spiro atoms. The Morgan fingerprint density at radius 2 is 1.82 bits per heavy atom. The number of nitrogens with zero attached hydrogens (tertiary/aromatic N) is 8. The zero-order valence-electron chi connectivity index (χ0n) is 16.1. The molecule has 1 N–H and O–H groups in total. The van der Waals surface area contributed by atoms with E-state index in [-0.39, 0.29) is 5.91 Å². The van der Waals surface area contributed by atoms with E-state index in [0.717, 1.165) is 58.2 Å². The van der Waals surface area contributed by atoms with Crippen LogP contribution in [0, 0.1) is 0 Å². The van der Waals surface area contributed by atoms with Gasteiger partial charge in [-0.05, 0) is 12.5 Å². The number of rotatable bonds is 5. The van der Waals surface area contributed by atoms with Gasteiger partial charge in [0.05, 0.1) is 12.7 Å². The summed E-state index contributed by atoms with van der Waals surface area (Å²) in [5.41, 5.74) is 0.421. The second-order valence-corrected chi connectivity index (χ2v) is 7.14. The van der Waals surface area contributed by atoms with Crippen molar-refractivity contribution in [2.75, 3.05) is 63.8 Å². The monoisotopic (exact) mass is 385 g/mol. The molecule has 4 rings (SSSR count). The van der Waals surface area contributed by atoms with Crippen molar-refractivity contribution in [3.8, 4) is 0 Å². The molecular formula is C18H27N9O. The molecule has 0 bridgehead atoms. The fourth-order valence-corrected chi connectivity index (χ4v) is 3.62. The number of piperazine rings is 1. The van der Waals surface area contributed by atoms with Gasteiger partial charge < -0.3 is 15.1 Å². The third kappa shape index (κ3) is 4.63. The summed E-state index contributed by atoms with van der Waals surface area (Å²) in [6.07, 6.45) is 6.14. The number of hydrogen-bond donors (Lipinski definition) is 1. The van der Waals surface area contributed by atoms with E-state index in [1.54, 1.807) is 23.3 Å². The molecule has 2 aromatic heterocycles. The van der Waals surface area contributed by atoms with Crippen LogP contribution in [0.3, 0.4) is 0 Å². The lowest BCUT2D eigenvalue weighted by Crippen LogP contribution is -2.44. The standard InChI is InChI=1S/C18H27N9O/c28-17(16-15-27(23-22-16)14-11-24-9-5-19-6-10-24)25-7-2-8-26(13-12-25)18-20-3-1-4-21-18/h1,3-4,15,19H,2,5-14H2. The molecular weight excluding hydrogens is 358 g/mol. The number of carbonyl (C=O) groups excluding carboxylic acids is 1. The predicted octanol–water partition coefficient (Wildman–Crippen LogP) is -0.674. The summed E-state index contributed by atoms with van der Waals surface area (Å²) < 4.78 is 1.78. The van der Waals surface area contributed by atoms with Gasteiger partial charge in [0.2, 0.25) is 5.95 Å². The molecule has 10 heteroatoms. The van der Waals surface area contributed by atoms with Crippen molar-refractivity contribution in [1.29, 1.82) is 0 Å². The molecule has 4 heterocycles. The molecule has 28 heavy (non-hydrogen) atoms. The lowest BCUT2D eigenvalue weighted by Gasteiger charge is -2.26. The van der Waals surface area contributed by atoms with E-state index in [0.29, 0.717) is 25.3 Å². The first-order valence-electron chi connectivity index (χ1n) is 9.94. The molecule has 0 atom stereocenters. The zero-order chi connectivity index (χ0) is 19.2. The van der Waals surface area contributed by atoms with Gasteiger partial charge in [-0.3, -0.25) is 14.4 Å². The van der Waals surface area contributed by atoms with Crippen molar-refractivity contribution in [1.82, 2.24) is 40.1 Å². The molecule has 2 aliphatic rings. The number of aromatic nitrogens is 5. The molecule has 2 aromatic rings. The van der Waals surface area contributed by atoms with Crippen LogP contribution in [0.5, 0.6) is 0 Å². The van der Waals surface area contributed by atoms with Gasteiger partial charge in [0.1, 0.15) is 0 Å². The highest BCUT2D eigenvalue weighted by Crippen LogP contribution is 2.12. The number of nitrogens with one attached hydrogen (secondary N) is 1. The fraction of sp³-hybridized carbons (Fsp3) is 0.611. The predicted molar refractivity (Wildman–Crippen MR) is 104 cm³/mol. The van der Waals surface area contributed by atoms with Gasteiger partial charge >= 0.3 is 0 Å². The largest absolute Gasteiger partial charge is 0.339 e. The molecule has 0 aliphatic carbocycles. The minimum absolute atomic E-state index is 0.0516. The van der Waals surface area contributed by atoms with Crippen LogP contribution in [0.1, 0.15) is 16.9 Å². The summed E-state index contributed by atoms with van der Waals surface area (Å²) in [5.74, 6) is 0.667. The molecule has 0 saturated carbocycles. The van der Waals surface area contributed by atoms with Crippen LogP contribution in [0.2, 0.25) is 0 Å². The summed E-state index contributed by atoms with van der Waals surface area (Å²) in [6.45, 7) is 8.72. The Morgan fingerprint density at radius 3 is 2.64 bits per heavy atom. The second kappa shape index (κ2) is 9.07. The first-order valence-corrected chi connectivity index (χ1v) is 9.94. The zero-order valence-corrected chi connectivity index (χ0v) is 16.1. The molecule has 150 valence electrons. The van der Waals surface area contributed by atoms with Crippen molar-refractivity contribution in [2.24, 2.45) is 0 Å². The maximum Gasteiger partial charge on any atom is 0.276 e. The van der Waals surface area contributed by atoms with Crippen molar-refractivity contribution >= 4 is 11.9 Å². The quantitative estimate of drug-likeness (QED) is 0.724. The van der Waals surface area contributed by atoms with E-state index in [1.807, 2.05) is 11.0 Å². The third-order valence-corrected chi connectivity index (χ3v) is 5.23. The number of amides is 1. The summed E-state index contributed by atoms with van der Waals surface area (Å²) >= 11 is 0. The van der Waals surface area contributed by atoms with Crippen LogP contribution < -0.4 is 10.2 Å². The van der Waals surface area contributed by atoms with Crippen LogP contribution in [0.15, 0.2) is 24.7 Å². The van der Waals surface area contributed by atoms with E-state index in [9.17, 15) is 4.79 Å². The number of hydrogen-bond acceptors (Lipinski definition) is 8. The van der Waals surface area contributed by atoms with Gasteiger partial charge in [-0.25, -0.2) is 9.97 Å². The number of anilines is 1. The Kier molecular flexibility index (Phi) is 6.07. The van der Waals surface area contributed by atoms with Crippen LogP contribution in [-0.4, -0.2) is 99.6 Å². The topological polar surface area (TPSA) is 95.3 Å². The van der Waals surface area contributed by atoms with E-state index >= 15 is 0 Å². The van der Waals surface area contributed by atoms with Gasteiger partial charge in [-0.1, -0.05) is 5.21 Å². The maximum absolute atomic E-state index is 12.9. The first-order chi connectivity index (χ1) is 13.8. The molecule has 0 aromatic carbocycles. The highest BCUT2D eigenvalue weighted by molar-refractivity contribution is 5.92. The summed E-state index contributed by atoms with van der Waals surface area (Å²) in [7, 11) is 0. The Bertz CT molecular complexity index is 759. The normalized spacial score (nSPS) is 18.9. The maximum atomic E-state index is 12.9. The van der Waals surface area contributed by atoms with Gasteiger partial charge in [0.15, 0.2) is 5.69 Å². The minimum atomic E-state index is -0.0516. The highest BCUT2D eigenvalue weighted by Gasteiger charge is 2.23. The Balaban J connectivity index is 1.31. The van der Waals surface area contributed by atoms with Crippen LogP contribution >= 0.6 is 0 Å². The average Bonchev–Trinajstić information content (AvgIpc) is 3.09. The van der Waals surface area contributed by atoms with Crippen LogP contribution in [-0.2, 0) is 6.54 Å². The van der Waals surface area contributed by atoms with Gasteiger partial charge in [-0.2, -0.15) is 0 Å². The third-order valence-electron chi connectivity index (χ3n) is 5.23. The fourth-order valence-electron chi connectivity index (χ4n) is 3.62. The van der Waals surface area contributed by atoms with E-state index in [4.69, 9.17) is 0 Å². The second-order valence-electron chi connectivity index (χ2n) is 7.14. The highest BCUT2D eigenvalue weighted by atomic mass is 16.2. The summed E-state index contributed by atoms with van der Waals surface area (Å²) in [6, 6.07) is 1.81. The lowest BCUT2D eigenvalue weighted by molar-refractivity contribution is 0.0761. The molecule has 2 fully saturated rings. The smallest absolute Gasteiger partial charge is 0.276 e. The molecule has 10 nitrogen and oxygen atoms in total. The molecule has 2 aliphatic heterocycles. The van der Waals surface area contributed by atoms with Crippen molar-refractivity contribution < 1.29 is 4.79 Å². The van der Waals surface area contributed by atoms with Crippen molar-refractivity contribution in [3.63, 3.8) is 0 Å². The average molecular weight is 385 g/mol. The Labute approximate surface area is 164 Å². The minimum Gasteiger partial charge on any atom is -0.339 e. The SMILES string of the molecule is O=C(c1cn(CCN2CCNCC2)nn1)N1CCCN(c2ncccn2)CC1. The van der Waals surface area contributed by atoms with Gasteiger partial charge in [0, 0.05) is 71.3 Å². The van der Waals surface area contributed by atoms with E-state index in [1.165, 1.54) is 0 Å². The molecule has 2 saturated heterocycles. The van der Waals surface area contributed by atoms with Crippen LogP contribution in [0.25, 0.3) is 0 Å². The van der Waals surface area contributed by atoms with E-state index in [2.05, 4.69) is 35.4 Å². The number of carbonyl (C=O) groups is 1. The Hall–Kier alpha value is -2.59. The first kappa shape index (κ1) is 18.8. The molecule has 1 amide bonds. The summed E-state index contributed by atoms with van der Waals surface area (Å²) in [5, 5.41) is 11.6. The van der Waals surface area contributed by atoms with Crippen molar-refractivity contribution in [2.45, 2.75) is 13.0 Å². The molecule has 0 unspecified atom stereocenters. The summed E-state index contributed by atoms with van der Waals surface area (Å²) in [4.78, 5) is 27.9. The van der Waals surface area contributed by atoms with E-state index < -0.39 is 0 Å². The molecule has 0 radical (unpaired) electrons. The Morgan fingerprint density at radius 1 is 1.00 bits per heavy atom. The lowest BCUT2D eigenvalue weighted by atomic mass is 10.3. The van der Waals surface area contributed by atoms with Gasteiger partial charge in [0.25, 0.3) is 5.91 Å². The van der Waals surface area contributed by atoms with Gasteiger partial charge in [-0.15, -0.1) is 5.10 Å². The van der Waals surface area contributed by atoms with Crippen LogP contribution in [0.4, 0.5) is 5.95 Å². The van der Waals surface area contributed by atoms with Crippen molar-refractivity contribution in [3.05, 3.63) is 30.4 Å².